The third kappa shape index (κ3) is 5.42. The van der Waals surface area contributed by atoms with Crippen LogP contribution in [0, 0.1) is 18.3 Å². The Kier molecular flexibility index (Phi) is 7.59. The molecule has 0 N–H and O–H groups in total. The number of fused-ring (bicyclic) bond motifs is 1. The Morgan fingerprint density at radius 2 is 1.97 bits per heavy atom. The van der Waals surface area contributed by atoms with Gasteiger partial charge in [0.1, 0.15) is 16.8 Å². The normalized spacial score (nSPS) is 13.0. The predicted molar refractivity (Wildman–Crippen MR) is 135 cm³/mol. The lowest BCUT2D eigenvalue weighted by Crippen LogP contribution is -2.28. The van der Waals surface area contributed by atoms with Crippen molar-refractivity contribution in [2.24, 2.45) is 0 Å². The van der Waals surface area contributed by atoms with E-state index in [1.54, 1.807) is 20.3 Å². The lowest BCUT2D eigenvalue weighted by Gasteiger charge is -2.28. The van der Waals surface area contributed by atoms with Crippen LogP contribution in [-0.2, 0) is 17.8 Å². The fourth-order valence-electron chi connectivity index (χ4n) is 4.16. The summed E-state index contributed by atoms with van der Waals surface area (Å²) in [6.45, 7) is 3.49. The summed E-state index contributed by atoms with van der Waals surface area (Å²) in [5.41, 5.74) is 5.09. The number of rotatable bonds is 7. The molecule has 0 aliphatic carbocycles. The molecule has 0 radical (unpaired) electrons. The first-order chi connectivity index (χ1) is 16.9. The summed E-state index contributed by atoms with van der Waals surface area (Å²) >= 11 is 1.23. The van der Waals surface area contributed by atoms with E-state index in [4.69, 9.17) is 19.2 Å². The molecule has 0 saturated carbocycles. The second-order valence-electron chi connectivity index (χ2n) is 8.34. The Hall–Kier alpha value is -3.54. The van der Waals surface area contributed by atoms with Crippen molar-refractivity contribution in [2.75, 3.05) is 33.6 Å². The summed E-state index contributed by atoms with van der Waals surface area (Å²) < 4.78 is 16.4. The summed E-state index contributed by atoms with van der Waals surface area (Å²) in [6, 6.07) is 15.3. The largest absolute Gasteiger partial charge is 0.493 e. The van der Waals surface area contributed by atoms with E-state index in [0.29, 0.717) is 34.4 Å². The Morgan fingerprint density at radius 1 is 1.17 bits per heavy atom. The van der Waals surface area contributed by atoms with Gasteiger partial charge in [0, 0.05) is 30.8 Å². The monoisotopic (exact) mass is 489 g/mol. The summed E-state index contributed by atoms with van der Waals surface area (Å²) in [6.07, 6.45) is 0.763. The summed E-state index contributed by atoms with van der Waals surface area (Å²) in [5.74, 6) is 1.35. The minimum atomic E-state index is -0.392. The molecule has 0 fully saturated rings. The lowest BCUT2D eigenvalue weighted by atomic mass is 9.91. The molecular weight excluding hydrogens is 462 g/mol. The molecule has 180 valence electrons. The van der Waals surface area contributed by atoms with Gasteiger partial charge in [-0.1, -0.05) is 30.0 Å². The maximum atomic E-state index is 12.5. The van der Waals surface area contributed by atoms with Crippen molar-refractivity contribution < 1.29 is 19.0 Å². The van der Waals surface area contributed by atoms with Crippen LogP contribution in [0.5, 0.6) is 17.2 Å². The second-order valence-corrected chi connectivity index (χ2v) is 9.30. The number of methoxy groups -OCH3 is 2. The molecular formula is C27H27N3O4S. The van der Waals surface area contributed by atoms with Crippen LogP contribution in [0.15, 0.2) is 47.5 Å². The van der Waals surface area contributed by atoms with Gasteiger partial charge in [0.15, 0.2) is 11.5 Å². The summed E-state index contributed by atoms with van der Waals surface area (Å²) in [7, 11) is 5.23. The number of hydrogen-bond donors (Lipinski definition) is 0. The van der Waals surface area contributed by atoms with E-state index >= 15 is 0 Å². The number of hydrogen-bond acceptors (Lipinski definition) is 8. The third-order valence-corrected chi connectivity index (χ3v) is 6.79. The van der Waals surface area contributed by atoms with Crippen molar-refractivity contribution in [2.45, 2.75) is 24.9 Å². The number of esters is 1. The van der Waals surface area contributed by atoms with E-state index in [-0.39, 0.29) is 5.75 Å². The zero-order valence-electron chi connectivity index (χ0n) is 20.3. The number of likely N-dealkylation sites (N-methyl/N-ethyl adjacent to an activating group) is 1. The molecule has 7 nitrogen and oxygen atoms in total. The van der Waals surface area contributed by atoms with Crippen LogP contribution in [0.1, 0.15) is 22.4 Å². The van der Waals surface area contributed by atoms with Crippen LogP contribution >= 0.6 is 11.8 Å². The SMILES string of the molecule is COc1ccc(-c2c(C#N)c(SCC(=O)Oc3cccc(C)c3)nc3c2CN(C)CC3)cc1OC. The molecule has 1 aliphatic rings. The highest BCUT2D eigenvalue weighted by atomic mass is 32.2. The van der Waals surface area contributed by atoms with E-state index < -0.39 is 5.97 Å². The Bertz CT molecular complexity index is 1300. The fourth-order valence-corrected chi connectivity index (χ4v) is 4.94. The van der Waals surface area contributed by atoms with Crippen molar-refractivity contribution in [3.63, 3.8) is 0 Å². The van der Waals surface area contributed by atoms with Gasteiger partial charge in [0.2, 0.25) is 0 Å². The van der Waals surface area contributed by atoms with Crippen LogP contribution in [-0.4, -0.2) is 49.4 Å². The van der Waals surface area contributed by atoms with E-state index in [1.165, 1.54) is 11.8 Å². The minimum absolute atomic E-state index is 0.0414. The molecule has 0 amide bonds. The molecule has 1 aromatic heterocycles. The average Bonchev–Trinajstić information content (AvgIpc) is 2.86. The van der Waals surface area contributed by atoms with Crippen molar-refractivity contribution in [1.29, 1.82) is 5.26 Å². The number of carbonyl (C=O) groups excluding carboxylic acids is 1. The molecule has 4 rings (SSSR count). The molecule has 35 heavy (non-hydrogen) atoms. The van der Waals surface area contributed by atoms with Gasteiger partial charge in [-0.15, -0.1) is 0 Å². The summed E-state index contributed by atoms with van der Waals surface area (Å²) in [5, 5.41) is 10.7. The number of nitriles is 1. The zero-order valence-corrected chi connectivity index (χ0v) is 21.1. The van der Waals surface area contributed by atoms with Gasteiger partial charge in [-0.2, -0.15) is 5.26 Å². The molecule has 8 heteroatoms. The van der Waals surface area contributed by atoms with E-state index in [2.05, 4.69) is 18.0 Å². The number of pyridine rings is 1. The van der Waals surface area contributed by atoms with Crippen LogP contribution < -0.4 is 14.2 Å². The van der Waals surface area contributed by atoms with Gasteiger partial charge < -0.3 is 19.1 Å². The van der Waals surface area contributed by atoms with Crippen molar-refractivity contribution >= 4 is 17.7 Å². The molecule has 1 aliphatic heterocycles. The lowest BCUT2D eigenvalue weighted by molar-refractivity contribution is -0.131. The van der Waals surface area contributed by atoms with E-state index in [0.717, 1.165) is 40.9 Å². The average molecular weight is 490 g/mol. The van der Waals surface area contributed by atoms with Gasteiger partial charge in [0.25, 0.3) is 0 Å². The Morgan fingerprint density at radius 3 is 2.69 bits per heavy atom. The van der Waals surface area contributed by atoms with Crippen LogP contribution in [0.2, 0.25) is 0 Å². The van der Waals surface area contributed by atoms with Crippen LogP contribution in [0.25, 0.3) is 11.1 Å². The van der Waals surface area contributed by atoms with Crippen molar-refractivity contribution in [1.82, 2.24) is 9.88 Å². The second kappa shape index (κ2) is 10.8. The molecule has 0 atom stereocenters. The quantitative estimate of drug-likeness (QED) is 0.270. The highest BCUT2D eigenvalue weighted by Crippen LogP contribution is 2.40. The van der Waals surface area contributed by atoms with Crippen molar-refractivity contribution in [3.05, 3.63) is 64.8 Å². The molecule has 2 heterocycles. The maximum Gasteiger partial charge on any atom is 0.321 e. The van der Waals surface area contributed by atoms with Gasteiger partial charge in [-0.25, -0.2) is 4.98 Å². The smallest absolute Gasteiger partial charge is 0.321 e. The predicted octanol–water partition coefficient (Wildman–Crippen LogP) is 4.63. The summed E-state index contributed by atoms with van der Waals surface area (Å²) in [4.78, 5) is 19.6. The number of carbonyl (C=O) groups is 1. The van der Waals surface area contributed by atoms with Gasteiger partial charge >= 0.3 is 5.97 Å². The topological polar surface area (TPSA) is 84.7 Å². The molecule has 0 bridgehead atoms. The molecule has 0 saturated heterocycles. The first-order valence-electron chi connectivity index (χ1n) is 11.2. The molecule has 0 spiro atoms. The van der Waals surface area contributed by atoms with Gasteiger partial charge in [-0.3, -0.25) is 4.79 Å². The first-order valence-corrected chi connectivity index (χ1v) is 12.2. The number of benzene rings is 2. The highest BCUT2D eigenvalue weighted by molar-refractivity contribution is 7.99. The third-order valence-electron chi connectivity index (χ3n) is 5.84. The number of thioether (sulfide) groups is 1. The van der Waals surface area contributed by atoms with Gasteiger partial charge in [0.05, 0.1) is 25.5 Å². The number of aryl methyl sites for hydroxylation is 1. The highest BCUT2D eigenvalue weighted by Gasteiger charge is 2.26. The Balaban J connectivity index is 1.71. The Labute approximate surface area is 209 Å². The van der Waals surface area contributed by atoms with E-state index in [1.807, 2.05) is 43.3 Å². The zero-order chi connectivity index (χ0) is 24.9. The van der Waals surface area contributed by atoms with Crippen LogP contribution in [0.3, 0.4) is 0 Å². The van der Waals surface area contributed by atoms with Gasteiger partial charge in [-0.05, 0) is 54.9 Å². The number of aromatic nitrogens is 1. The molecule has 0 unspecified atom stereocenters. The fraction of sp³-hybridized carbons (Fsp3) is 0.296. The van der Waals surface area contributed by atoms with E-state index in [9.17, 15) is 10.1 Å². The maximum absolute atomic E-state index is 12.5. The number of ether oxygens (including phenoxy) is 3. The standard InChI is InChI=1S/C27H27N3O4S/c1-17-6-5-7-19(12-17)34-25(31)16-35-27-20(14-28)26(21-15-30(2)11-10-22(21)29-27)18-8-9-23(32-3)24(13-18)33-4/h5-9,12-13H,10-11,15-16H2,1-4H3. The number of nitrogens with zero attached hydrogens (tertiary/aromatic N) is 3. The van der Waals surface area contributed by atoms with Crippen LogP contribution in [0.4, 0.5) is 0 Å². The molecule has 2 aromatic carbocycles. The molecule has 3 aromatic rings. The minimum Gasteiger partial charge on any atom is -0.493 e. The first kappa shape index (κ1) is 24.6. The van der Waals surface area contributed by atoms with Crippen molar-refractivity contribution in [3.8, 4) is 34.4 Å².